The summed E-state index contributed by atoms with van der Waals surface area (Å²) in [6.45, 7) is 0. The van der Waals surface area contributed by atoms with Gasteiger partial charge in [-0.05, 0) is 98.8 Å². The Bertz CT molecular complexity index is 3190. The molecule has 11 aromatic rings. The van der Waals surface area contributed by atoms with E-state index in [2.05, 4.69) is 199 Å². The van der Waals surface area contributed by atoms with E-state index in [1.54, 1.807) is 0 Å². The van der Waals surface area contributed by atoms with E-state index < -0.39 is 0 Å². The van der Waals surface area contributed by atoms with Crippen LogP contribution in [0.25, 0.3) is 86.3 Å². The van der Waals surface area contributed by atoms with Gasteiger partial charge in [-0.15, -0.1) is 11.3 Å². The quantitative estimate of drug-likeness (QED) is 0.170. The van der Waals surface area contributed by atoms with E-state index in [1.807, 2.05) is 17.4 Å². The van der Waals surface area contributed by atoms with E-state index in [0.29, 0.717) is 0 Å². The van der Waals surface area contributed by atoms with E-state index in [4.69, 9.17) is 4.42 Å². The van der Waals surface area contributed by atoms with Gasteiger partial charge in [0.2, 0.25) is 0 Å². The van der Waals surface area contributed by atoms with Gasteiger partial charge in [-0.25, -0.2) is 0 Å². The molecule has 0 atom stereocenters. The fourth-order valence-corrected chi connectivity index (χ4v) is 9.64. The van der Waals surface area contributed by atoms with Gasteiger partial charge < -0.3 is 9.32 Å². The predicted molar refractivity (Wildman–Crippen MR) is 235 cm³/mol. The third-order valence-electron chi connectivity index (χ3n) is 10.9. The second kappa shape index (κ2) is 12.9. The highest BCUT2D eigenvalue weighted by molar-refractivity contribution is 7.27. The van der Waals surface area contributed by atoms with Gasteiger partial charge in [0.05, 0.1) is 0 Å². The molecule has 2 nitrogen and oxygen atoms in total. The van der Waals surface area contributed by atoms with Crippen LogP contribution in [0.1, 0.15) is 0 Å². The largest absolute Gasteiger partial charge is 0.456 e. The molecule has 2 heterocycles. The number of hydrogen-bond acceptors (Lipinski definition) is 3. The van der Waals surface area contributed by atoms with Crippen LogP contribution in [0.4, 0.5) is 17.1 Å². The van der Waals surface area contributed by atoms with Crippen molar-refractivity contribution in [3.63, 3.8) is 0 Å². The molecule has 3 heteroatoms. The molecule has 0 radical (unpaired) electrons. The van der Waals surface area contributed by atoms with Gasteiger partial charge in [0, 0.05) is 48.0 Å². The van der Waals surface area contributed by atoms with Gasteiger partial charge in [0.15, 0.2) is 0 Å². The summed E-state index contributed by atoms with van der Waals surface area (Å²) in [5.41, 5.74) is 12.4. The van der Waals surface area contributed by atoms with Gasteiger partial charge in [0.25, 0.3) is 0 Å². The Balaban J connectivity index is 1.05. The van der Waals surface area contributed by atoms with E-state index in [1.165, 1.54) is 75.1 Å². The lowest BCUT2D eigenvalue weighted by atomic mass is 9.98. The van der Waals surface area contributed by atoms with Crippen LogP contribution in [0.2, 0.25) is 0 Å². The summed E-state index contributed by atoms with van der Waals surface area (Å²) >= 11 is 1.87. The predicted octanol–water partition coefficient (Wildman–Crippen LogP) is 15.6. The van der Waals surface area contributed by atoms with Crippen molar-refractivity contribution >= 4 is 81.3 Å². The van der Waals surface area contributed by atoms with Crippen LogP contribution in [0.15, 0.2) is 205 Å². The van der Waals surface area contributed by atoms with Crippen molar-refractivity contribution in [1.82, 2.24) is 0 Å². The van der Waals surface area contributed by atoms with Gasteiger partial charge >= 0.3 is 0 Å². The zero-order valence-electron chi connectivity index (χ0n) is 29.8. The highest BCUT2D eigenvalue weighted by Crippen LogP contribution is 2.46. The number of anilines is 3. The van der Waals surface area contributed by atoms with Gasteiger partial charge in [0.1, 0.15) is 11.2 Å². The van der Waals surface area contributed by atoms with Crippen molar-refractivity contribution < 1.29 is 4.42 Å². The molecule has 0 bridgehead atoms. The Hall–Kier alpha value is -6.94. The van der Waals surface area contributed by atoms with Gasteiger partial charge in [-0.1, -0.05) is 146 Å². The Morgan fingerprint density at radius 1 is 0.345 bits per heavy atom. The molecular weight excluding hydrogens is 687 g/mol. The first-order valence-corrected chi connectivity index (χ1v) is 19.5. The van der Waals surface area contributed by atoms with Crippen LogP contribution < -0.4 is 4.90 Å². The second-order valence-electron chi connectivity index (χ2n) is 14.1. The van der Waals surface area contributed by atoms with E-state index in [-0.39, 0.29) is 0 Å². The average Bonchev–Trinajstić information content (AvgIpc) is 3.83. The maximum atomic E-state index is 6.28. The monoisotopic (exact) mass is 719 g/mol. The number of fused-ring (bicyclic) bond motifs is 8. The lowest BCUT2D eigenvalue weighted by molar-refractivity contribution is 0.669. The van der Waals surface area contributed by atoms with Crippen LogP contribution in [0, 0.1) is 0 Å². The molecule has 0 saturated carbocycles. The number of para-hydroxylation sites is 1. The maximum Gasteiger partial charge on any atom is 0.136 e. The van der Waals surface area contributed by atoms with Crippen molar-refractivity contribution in [3.05, 3.63) is 200 Å². The fourth-order valence-electron chi connectivity index (χ4n) is 8.25. The van der Waals surface area contributed by atoms with Gasteiger partial charge in [-0.2, -0.15) is 0 Å². The summed E-state index contributed by atoms with van der Waals surface area (Å²) in [4.78, 5) is 2.37. The number of hydrogen-bond donors (Lipinski definition) is 0. The Morgan fingerprint density at radius 2 is 0.945 bits per heavy atom. The molecule has 11 rings (SSSR count). The number of furan rings is 1. The molecule has 0 aliphatic carbocycles. The zero-order chi connectivity index (χ0) is 36.3. The minimum Gasteiger partial charge on any atom is -0.456 e. The molecule has 9 aromatic carbocycles. The van der Waals surface area contributed by atoms with E-state index in [0.717, 1.165) is 28.2 Å². The molecular formula is C52H33NOS. The smallest absolute Gasteiger partial charge is 0.136 e. The summed E-state index contributed by atoms with van der Waals surface area (Å²) < 4.78 is 8.84. The topological polar surface area (TPSA) is 16.4 Å². The van der Waals surface area contributed by atoms with Gasteiger partial charge in [-0.3, -0.25) is 0 Å². The Morgan fingerprint density at radius 3 is 1.78 bits per heavy atom. The molecule has 0 saturated heterocycles. The minimum atomic E-state index is 0.928. The minimum absolute atomic E-state index is 0.928. The normalized spacial score (nSPS) is 11.6. The molecule has 0 aliphatic rings. The fraction of sp³-hybridized carbons (Fsp3) is 0. The third kappa shape index (κ3) is 5.32. The SMILES string of the molecule is c1ccc(-c2ccc(N(c3ccc(-c4cccc5ccccc45)cc3)c3cccc(-c4cccc5c4sc4c5ccc5oc6ccccc6c54)c3)cc2)cc1. The standard InChI is InChI=1S/C52H33NOS/c1-2-11-34(12-3-1)35-23-27-39(28-24-35)53(40-29-25-37(26-30-40)43-19-9-14-36-13-4-5-17-42(36)43)41-16-8-15-38(33-41)44-20-10-21-45-46-31-32-49-50(52(46)55-51(44)45)47-18-6-7-22-48(47)54-49/h1-33H. The number of nitrogens with zero attached hydrogens (tertiary/aromatic N) is 1. The first-order valence-electron chi connectivity index (χ1n) is 18.7. The lowest BCUT2D eigenvalue weighted by Crippen LogP contribution is -2.10. The summed E-state index contributed by atoms with van der Waals surface area (Å²) in [7, 11) is 0. The number of thiophene rings is 1. The number of benzene rings is 9. The average molecular weight is 720 g/mol. The molecule has 258 valence electrons. The highest BCUT2D eigenvalue weighted by atomic mass is 32.1. The third-order valence-corrected chi connectivity index (χ3v) is 12.2. The maximum absolute atomic E-state index is 6.28. The van der Waals surface area contributed by atoms with Crippen LogP contribution in [-0.2, 0) is 0 Å². The summed E-state index contributed by atoms with van der Waals surface area (Å²) in [5, 5.41) is 7.41. The zero-order valence-corrected chi connectivity index (χ0v) is 30.6. The molecule has 0 fully saturated rings. The Kier molecular flexibility index (Phi) is 7.39. The molecule has 0 unspecified atom stereocenters. The van der Waals surface area contributed by atoms with Crippen LogP contribution in [0.5, 0.6) is 0 Å². The summed E-state index contributed by atoms with van der Waals surface area (Å²) in [5.74, 6) is 0. The molecule has 2 aromatic heterocycles. The molecule has 0 N–H and O–H groups in total. The van der Waals surface area contributed by atoms with E-state index in [9.17, 15) is 0 Å². The van der Waals surface area contributed by atoms with Crippen molar-refractivity contribution in [2.45, 2.75) is 0 Å². The molecule has 0 spiro atoms. The Labute approximate surface area is 322 Å². The number of rotatable bonds is 6. The van der Waals surface area contributed by atoms with Crippen molar-refractivity contribution in [2.24, 2.45) is 0 Å². The first-order chi connectivity index (χ1) is 27.3. The summed E-state index contributed by atoms with van der Waals surface area (Å²) in [6, 6.07) is 72.1. The van der Waals surface area contributed by atoms with Crippen LogP contribution in [-0.4, -0.2) is 0 Å². The molecule has 55 heavy (non-hydrogen) atoms. The molecule has 0 aliphatic heterocycles. The first kappa shape index (κ1) is 31.6. The van der Waals surface area contributed by atoms with Crippen LogP contribution in [0.3, 0.4) is 0 Å². The molecule has 0 amide bonds. The highest BCUT2D eigenvalue weighted by Gasteiger charge is 2.19. The van der Waals surface area contributed by atoms with Crippen molar-refractivity contribution in [2.75, 3.05) is 4.90 Å². The second-order valence-corrected chi connectivity index (χ2v) is 15.1. The lowest BCUT2D eigenvalue weighted by Gasteiger charge is -2.26. The van der Waals surface area contributed by atoms with Crippen molar-refractivity contribution in [3.8, 4) is 33.4 Å². The van der Waals surface area contributed by atoms with Crippen LogP contribution >= 0.6 is 11.3 Å². The van der Waals surface area contributed by atoms with Crippen molar-refractivity contribution in [1.29, 1.82) is 0 Å². The summed E-state index contributed by atoms with van der Waals surface area (Å²) in [6.07, 6.45) is 0. The van der Waals surface area contributed by atoms with E-state index >= 15 is 0 Å².